The van der Waals surface area contributed by atoms with Crippen LogP contribution in [-0.2, 0) is 14.3 Å². The smallest absolute Gasteiger partial charge is 0.310 e. The second kappa shape index (κ2) is 5.22. The Hall–Kier alpha value is -1.10. The number of hydrogen-bond acceptors (Lipinski definition) is 3. The lowest BCUT2D eigenvalue weighted by molar-refractivity contribution is -0.148. The van der Waals surface area contributed by atoms with Crippen LogP contribution in [0.25, 0.3) is 0 Å². The molecule has 4 rings (SSSR count). The van der Waals surface area contributed by atoms with Gasteiger partial charge in [0.15, 0.2) is 0 Å². The van der Waals surface area contributed by atoms with Crippen molar-refractivity contribution in [2.75, 3.05) is 0 Å². The molecule has 122 valence electrons. The summed E-state index contributed by atoms with van der Waals surface area (Å²) in [6.45, 7) is 2.09. The SMILES string of the molecule is C[C@H](NC(=O)[C@H]1[C@H](C(=O)O)[C@H]2CC[C@H]1O2)[C@@H]1C[C@H]2CC[C@H]1C2. The third-order valence-electron chi connectivity index (χ3n) is 6.67. The van der Waals surface area contributed by atoms with Crippen molar-refractivity contribution in [2.45, 2.75) is 63.7 Å². The molecule has 8 atom stereocenters. The summed E-state index contributed by atoms with van der Waals surface area (Å²) in [6.07, 6.45) is 6.31. The lowest BCUT2D eigenvalue weighted by Crippen LogP contribution is -2.48. The van der Waals surface area contributed by atoms with Crippen LogP contribution < -0.4 is 5.32 Å². The maximum absolute atomic E-state index is 12.7. The van der Waals surface area contributed by atoms with E-state index in [9.17, 15) is 14.7 Å². The van der Waals surface area contributed by atoms with Gasteiger partial charge in [0.25, 0.3) is 0 Å². The maximum atomic E-state index is 12.7. The van der Waals surface area contributed by atoms with E-state index in [2.05, 4.69) is 12.2 Å². The molecule has 4 bridgehead atoms. The van der Waals surface area contributed by atoms with E-state index in [0.29, 0.717) is 5.92 Å². The summed E-state index contributed by atoms with van der Waals surface area (Å²) in [5, 5.41) is 12.6. The molecule has 22 heavy (non-hydrogen) atoms. The van der Waals surface area contributed by atoms with Gasteiger partial charge in [-0.3, -0.25) is 9.59 Å². The van der Waals surface area contributed by atoms with Crippen molar-refractivity contribution in [1.82, 2.24) is 5.32 Å². The lowest BCUT2D eigenvalue weighted by Gasteiger charge is -2.31. The topological polar surface area (TPSA) is 75.6 Å². The van der Waals surface area contributed by atoms with Gasteiger partial charge in [-0.1, -0.05) is 6.42 Å². The lowest BCUT2D eigenvalue weighted by atomic mass is 9.78. The average molecular weight is 307 g/mol. The number of ether oxygens (including phenoxy) is 1. The molecule has 2 saturated heterocycles. The van der Waals surface area contributed by atoms with Crippen molar-refractivity contribution in [3.05, 3.63) is 0 Å². The summed E-state index contributed by atoms with van der Waals surface area (Å²) in [5.41, 5.74) is 0. The average Bonchev–Trinajstić information content (AvgIpc) is 3.24. The first kappa shape index (κ1) is 14.5. The van der Waals surface area contributed by atoms with Crippen LogP contribution in [0.4, 0.5) is 0 Å². The third-order valence-corrected chi connectivity index (χ3v) is 6.67. The number of carboxylic acids is 1. The predicted molar refractivity (Wildman–Crippen MR) is 79.1 cm³/mol. The Kier molecular flexibility index (Phi) is 3.44. The second-order valence-corrected chi connectivity index (χ2v) is 7.82. The highest BCUT2D eigenvalue weighted by molar-refractivity contribution is 5.86. The van der Waals surface area contributed by atoms with Gasteiger partial charge in [0.1, 0.15) is 0 Å². The van der Waals surface area contributed by atoms with E-state index in [1.807, 2.05) is 0 Å². The van der Waals surface area contributed by atoms with Crippen molar-refractivity contribution in [1.29, 1.82) is 0 Å². The van der Waals surface area contributed by atoms with Crippen LogP contribution >= 0.6 is 0 Å². The number of aliphatic carboxylic acids is 1. The third kappa shape index (κ3) is 2.16. The van der Waals surface area contributed by atoms with E-state index >= 15 is 0 Å². The molecule has 0 spiro atoms. The number of amides is 1. The maximum Gasteiger partial charge on any atom is 0.310 e. The summed E-state index contributed by atoms with van der Waals surface area (Å²) in [5.74, 6) is 0.0300. The van der Waals surface area contributed by atoms with Crippen LogP contribution in [-0.4, -0.2) is 35.2 Å². The molecule has 2 aliphatic carbocycles. The number of carbonyl (C=O) groups excluding carboxylic acids is 1. The molecular formula is C17H25NO4. The number of fused-ring (bicyclic) bond motifs is 4. The fraction of sp³-hybridized carbons (Fsp3) is 0.882. The van der Waals surface area contributed by atoms with E-state index in [-0.39, 0.29) is 24.2 Å². The van der Waals surface area contributed by atoms with Crippen LogP contribution in [0.3, 0.4) is 0 Å². The number of hydrogen-bond donors (Lipinski definition) is 2. The molecule has 5 heteroatoms. The molecule has 0 radical (unpaired) electrons. The molecule has 1 amide bonds. The van der Waals surface area contributed by atoms with Crippen molar-refractivity contribution in [2.24, 2.45) is 29.6 Å². The predicted octanol–water partition coefficient (Wildman–Crippen LogP) is 1.81. The number of carbonyl (C=O) groups is 2. The molecule has 2 saturated carbocycles. The van der Waals surface area contributed by atoms with Gasteiger partial charge in [-0.15, -0.1) is 0 Å². The van der Waals surface area contributed by atoms with Crippen molar-refractivity contribution in [3.8, 4) is 0 Å². The first-order valence-corrected chi connectivity index (χ1v) is 8.73. The molecule has 0 aromatic rings. The van der Waals surface area contributed by atoms with Crippen LogP contribution in [0.2, 0.25) is 0 Å². The van der Waals surface area contributed by atoms with Crippen LogP contribution in [0, 0.1) is 29.6 Å². The van der Waals surface area contributed by atoms with E-state index in [1.54, 1.807) is 0 Å². The summed E-state index contributed by atoms with van der Waals surface area (Å²) in [7, 11) is 0. The fourth-order valence-corrected chi connectivity index (χ4v) is 5.66. The van der Waals surface area contributed by atoms with E-state index in [4.69, 9.17) is 4.74 Å². The molecule has 0 aromatic heterocycles. The molecule has 2 heterocycles. The van der Waals surface area contributed by atoms with Gasteiger partial charge >= 0.3 is 5.97 Å². The number of nitrogens with one attached hydrogen (secondary N) is 1. The molecule has 0 aromatic carbocycles. The minimum Gasteiger partial charge on any atom is -0.481 e. The normalized spacial score (nSPS) is 46.9. The molecule has 2 N–H and O–H groups in total. The van der Waals surface area contributed by atoms with Gasteiger partial charge in [0.2, 0.25) is 5.91 Å². The monoisotopic (exact) mass is 307 g/mol. The summed E-state index contributed by atoms with van der Waals surface area (Å²) >= 11 is 0. The second-order valence-electron chi connectivity index (χ2n) is 7.82. The van der Waals surface area contributed by atoms with E-state index in [0.717, 1.165) is 24.7 Å². The zero-order chi connectivity index (χ0) is 15.4. The van der Waals surface area contributed by atoms with Gasteiger partial charge in [0.05, 0.1) is 24.0 Å². The van der Waals surface area contributed by atoms with Gasteiger partial charge in [-0.2, -0.15) is 0 Å². The highest BCUT2D eigenvalue weighted by atomic mass is 16.5. The summed E-state index contributed by atoms with van der Waals surface area (Å²) < 4.78 is 5.69. The van der Waals surface area contributed by atoms with Crippen LogP contribution in [0.1, 0.15) is 45.4 Å². The summed E-state index contributed by atoms with van der Waals surface area (Å²) in [6, 6.07) is 0.149. The standard InChI is InChI=1S/C17H25NO4/c1-8(11-7-9-2-3-10(11)6-9)18-16(19)14-12-4-5-13(22-12)15(14)17(20)21/h8-15H,2-7H2,1H3,(H,18,19)(H,20,21)/t8-,9-,10-,11-,12+,13+,14+,15+/m0/s1. The fourth-order valence-electron chi connectivity index (χ4n) is 5.66. The van der Waals surface area contributed by atoms with Crippen molar-refractivity contribution >= 4 is 11.9 Å². The molecular weight excluding hydrogens is 282 g/mol. The highest BCUT2D eigenvalue weighted by Gasteiger charge is 2.56. The minimum absolute atomic E-state index is 0.102. The molecule has 4 fully saturated rings. The Balaban J connectivity index is 1.42. The van der Waals surface area contributed by atoms with Gasteiger partial charge < -0.3 is 15.2 Å². The zero-order valence-electron chi connectivity index (χ0n) is 13.0. The molecule has 4 aliphatic rings. The van der Waals surface area contributed by atoms with Crippen molar-refractivity contribution in [3.63, 3.8) is 0 Å². The minimum atomic E-state index is -0.889. The highest BCUT2D eigenvalue weighted by Crippen LogP contribution is 2.50. The number of carboxylic acid groups (broad SMARTS) is 1. The molecule has 0 unspecified atom stereocenters. The first-order valence-electron chi connectivity index (χ1n) is 8.73. The Morgan fingerprint density at radius 1 is 1.09 bits per heavy atom. The van der Waals surface area contributed by atoms with Gasteiger partial charge in [0, 0.05) is 6.04 Å². The largest absolute Gasteiger partial charge is 0.481 e. The Labute approximate surface area is 130 Å². The van der Waals surface area contributed by atoms with E-state index in [1.165, 1.54) is 25.7 Å². The van der Waals surface area contributed by atoms with Crippen LogP contribution in [0.15, 0.2) is 0 Å². The Morgan fingerprint density at radius 2 is 1.82 bits per heavy atom. The quantitative estimate of drug-likeness (QED) is 0.830. The number of rotatable bonds is 4. The molecule has 5 nitrogen and oxygen atoms in total. The molecule has 2 aliphatic heterocycles. The summed E-state index contributed by atoms with van der Waals surface area (Å²) in [4.78, 5) is 24.2. The van der Waals surface area contributed by atoms with Crippen LogP contribution in [0.5, 0.6) is 0 Å². The van der Waals surface area contributed by atoms with E-state index < -0.39 is 17.8 Å². The van der Waals surface area contributed by atoms with Gasteiger partial charge in [-0.25, -0.2) is 0 Å². The first-order chi connectivity index (χ1) is 10.5. The van der Waals surface area contributed by atoms with Gasteiger partial charge in [-0.05, 0) is 56.8 Å². The Morgan fingerprint density at radius 3 is 2.41 bits per heavy atom. The Bertz CT molecular complexity index is 493. The van der Waals surface area contributed by atoms with Crippen molar-refractivity contribution < 1.29 is 19.4 Å². The zero-order valence-corrected chi connectivity index (χ0v) is 13.0.